The fraction of sp³-hybridized carbons (Fsp3) is 0.579. The molecule has 24 heavy (non-hydrogen) atoms. The third-order valence-corrected chi connectivity index (χ3v) is 3.58. The van der Waals surface area contributed by atoms with Gasteiger partial charge in [0.25, 0.3) is 0 Å². The minimum absolute atomic E-state index is 0.321. The summed E-state index contributed by atoms with van der Waals surface area (Å²) in [6.07, 6.45) is 3.39. The van der Waals surface area contributed by atoms with Gasteiger partial charge in [-0.05, 0) is 25.1 Å². The molecule has 0 saturated heterocycles. The van der Waals surface area contributed by atoms with E-state index in [1.54, 1.807) is 13.2 Å². The van der Waals surface area contributed by atoms with Gasteiger partial charge in [-0.2, -0.15) is 0 Å². The molecule has 1 atom stereocenters. The van der Waals surface area contributed by atoms with Crippen LogP contribution in [0.15, 0.2) is 36.9 Å². The topological polar surface area (TPSA) is 51.2 Å². The molecule has 0 unspecified atom stereocenters. The number of aliphatic hydroxyl groups is 1. The van der Waals surface area contributed by atoms with Gasteiger partial charge in [0.1, 0.15) is 6.61 Å². The zero-order valence-electron chi connectivity index (χ0n) is 14.9. The zero-order valence-corrected chi connectivity index (χ0v) is 14.9. The van der Waals surface area contributed by atoms with E-state index in [1.807, 2.05) is 24.3 Å². The van der Waals surface area contributed by atoms with Crippen molar-refractivity contribution in [2.75, 3.05) is 46.6 Å². The van der Waals surface area contributed by atoms with E-state index in [9.17, 15) is 5.11 Å². The Labute approximate surface area is 145 Å². The summed E-state index contributed by atoms with van der Waals surface area (Å²) in [6, 6.07) is 7.62. The number of benzene rings is 1. The van der Waals surface area contributed by atoms with Gasteiger partial charge in [-0.15, -0.1) is 6.58 Å². The second kappa shape index (κ2) is 12.8. The summed E-state index contributed by atoms with van der Waals surface area (Å²) < 4.78 is 16.4. The van der Waals surface area contributed by atoms with Crippen molar-refractivity contribution in [2.45, 2.75) is 25.9 Å². The molecule has 0 radical (unpaired) electrons. The summed E-state index contributed by atoms with van der Waals surface area (Å²) in [7, 11) is 1.63. The fourth-order valence-corrected chi connectivity index (χ4v) is 2.34. The first-order valence-electron chi connectivity index (χ1n) is 8.56. The van der Waals surface area contributed by atoms with E-state index in [2.05, 4.69) is 18.4 Å². The molecule has 0 saturated carbocycles. The van der Waals surface area contributed by atoms with Crippen molar-refractivity contribution in [1.82, 2.24) is 4.90 Å². The Bertz CT molecular complexity index is 453. The number of rotatable bonds is 14. The van der Waals surface area contributed by atoms with Crippen molar-refractivity contribution in [1.29, 1.82) is 0 Å². The lowest BCUT2D eigenvalue weighted by Gasteiger charge is -2.25. The monoisotopic (exact) mass is 337 g/mol. The standard InChI is InChI=1S/C19H31NO4/c1-4-6-11-20(15-17(21)16-23-13-5-2)12-14-24-19-10-8-7-9-18(19)22-3/h5,7-10,17,21H,2,4,6,11-16H2,1,3H3/t17-/m0/s1. The van der Waals surface area contributed by atoms with E-state index in [-0.39, 0.29) is 0 Å². The first kappa shape index (κ1) is 20.5. The average molecular weight is 337 g/mol. The average Bonchev–Trinajstić information content (AvgIpc) is 2.60. The Balaban J connectivity index is 2.42. The van der Waals surface area contributed by atoms with Crippen molar-refractivity contribution in [3.63, 3.8) is 0 Å². The molecule has 5 nitrogen and oxygen atoms in total. The van der Waals surface area contributed by atoms with Crippen LogP contribution in [-0.4, -0.2) is 62.7 Å². The van der Waals surface area contributed by atoms with Crippen LogP contribution in [0.1, 0.15) is 19.8 Å². The van der Waals surface area contributed by atoms with Crippen LogP contribution in [0.25, 0.3) is 0 Å². The van der Waals surface area contributed by atoms with Gasteiger partial charge in [0.15, 0.2) is 11.5 Å². The molecule has 5 heteroatoms. The van der Waals surface area contributed by atoms with Gasteiger partial charge >= 0.3 is 0 Å². The van der Waals surface area contributed by atoms with E-state index < -0.39 is 6.10 Å². The number of ether oxygens (including phenoxy) is 3. The van der Waals surface area contributed by atoms with Crippen molar-refractivity contribution < 1.29 is 19.3 Å². The molecular formula is C19H31NO4. The lowest BCUT2D eigenvalue weighted by molar-refractivity contribution is 0.0235. The zero-order chi connectivity index (χ0) is 17.6. The summed E-state index contributed by atoms with van der Waals surface area (Å²) >= 11 is 0. The summed E-state index contributed by atoms with van der Waals surface area (Å²) in [6.45, 7) is 9.34. The minimum atomic E-state index is -0.506. The molecule has 0 aliphatic carbocycles. The molecule has 1 N–H and O–H groups in total. The smallest absolute Gasteiger partial charge is 0.161 e. The Morgan fingerprint density at radius 1 is 1.25 bits per heavy atom. The van der Waals surface area contributed by atoms with Crippen molar-refractivity contribution in [3.8, 4) is 11.5 Å². The molecule has 0 aliphatic rings. The van der Waals surface area contributed by atoms with Crippen LogP contribution in [0, 0.1) is 0 Å². The molecule has 0 fully saturated rings. The van der Waals surface area contributed by atoms with Gasteiger partial charge in [-0.25, -0.2) is 0 Å². The molecule has 136 valence electrons. The van der Waals surface area contributed by atoms with Crippen LogP contribution in [0.4, 0.5) is 0 Å². The second-order valence-corrected chi connectivity index (χ2v) is 5.63. The molecule has 0 aromatic heterocycles. The first-order valence-corrected chi connectivity index (χ1v) is 8.56. The molecule has 0 bridgehead atoms. The number of hydrogen-bond donors (Lipinski definition) is 1. The van der Waals surface area contributed by atoms with Crippen LogP contribution >= 0.6 is 0 Å². The Kier molecular flexibility index (Phi) is 10.9. The highest BCUT2D eigenvalue weighted by Crippen LogP contribution is 2.25. The number of aliphatic hydroxyl groups excluding tert-OH is 1. The minimum Gasteiger partial charge on any atom is -0.493 e. The first-order chi connectivity index (χ1) is 11.7. The van der Waals surface area contributed by atoms with Crippen molar-refractivity contribution in [2.24, 2.45) is 0 Å². The second-order valence-electron chi connectivity index (χ2n) is 5.63. The van der Waals surface area contributed by atoms with Crippen molar-refractivity contribution in [3.05, 3.63) is 36.9 Å². The van der Waals surface area contributed by atoms with Crippen LogP contribution in [-0.2, 0) is 4.74 Å². The van der Waals surface area contributed by atoms with E-state index in [1.165, 1.54) is 0 Å². The maximum absolute atomic E-state index is 10.1. The maximum Gasteiger partial charge on any atom is 0.161 e. The van der Waals surface area contributed by atoms with Gasteiger partial charge in [0, 0.05) is 13.1 Å². The van der Waals surface area contributed by atoms with E-state index in [4.69, 9.17) is 14.2 Å². The van der Waals surface area contributed by atoms with Gasteiger partial charge in [-0.1, -0.05) is 31.6 Å². The van der Waals surface area contributed by atoms with Gasteiger partial charge in [-0.3, -0.25) is 4.90 Å². The maximum atomic E-state index is 10.1. The van der Waals surface area contributed by atoms with Crippen LogP contribution in [0.3, 0.4) is 0 Å². The Morgan fingerprint density at radius 3 is 2.67 bits per heavy atom. The fourth-order valence-electron chi connectivity index (χ4n) is 2.34. The van der Waals surface area contributed by atoms with Gasteiger partial charge in [0.2, 0.25) is 0 Å². The van der Waals surface area contributed by atoms with Crippen LogP contribution in [0.2, 0.25) is 0 Å². The van der Waals surface area contributed by atoms with E-state index >= 15 is 0 Å². The third kappa shape index (κ3) is 8.34. The van der Waals surface area contributed by atoms with Crippen molar-refractivity contribution >= 4 is 0 Å². The Morgan fingerprint density at radius 2 is 2.00 bits per heavy atom. The highest BCUT2D eigenvalue weighted by Gasteiger charge is 2.12. The van der Waals surface area contributed by atoms with Gasteiger partial charge < -0.3 is 19.3 Å². The predicted octanol–water partition coefficient (Wildman–Crippen LogP) is 2.74. The number of para-hydroxylation sites is 2. The lowest BCUT2D eigenvalue weighted by Crippen LogP contribution is -2.38. The summed E-state index contributed by atoms with van der Waals surface area (Å²) in [4.78, 5) is 2.21. The number of unbranched alkanes of at least 4 members (excludes halogenated alkanes) is 1. The molecule has 1 aromatic carbocycles. The van der Waals surface area contributed by atoms with E-state index in [0.717, 1.165) is 37.4 Å². The SMILES string of the molecule is C=CCOC[C@@H](O)CN(CCCC)CCOc1ccccc1OC. The summed E-state index contributed by atoms with van der Waals surface area (Å²) in [5.74, 6) is 1.47. The number of hydrogen-bond acceptors (Lipinski definition) is 5. The quantitative estimate of drug-likeness (QED) is 0.418. The van der Waals surface area contributed by atoms with Crippen LogP contribution in [0.5, 0.6) is 11.5 Å². The van der Waals surface area contributed by atoms with Crippen LogP contribution < -0.4 is 9.47 Å². The molecule has 0 heterocycles. The molecular weight excluding hydrogens is 306 g/mol. The molecule has 1 rings (SSSR count). The summed E-state index contributed by atoms with van der Waals surface area (Å²) in [5, 5.41) is 10.1. The molecule has 0 amide bonds. The number of methoxy groups -OCH3 is 1. The summed E-state index contributed by atoms with van der Waals surface area (Å²) in [5.41, 5.74) is 0. The highest BCUT2D eigenvalue weighted by atomic mass is 16.5. The largest absolute Gasteiger partial charge is 0.493 e. The number of nitrogens with zero attached hydrogens (tertiary/aromatic N) is 1. The molecule has 1 aromatic rings. The van der Waals surface area contributed by atoms with Gasteiger partial charge in [0.05, 0.1) is 26.4 Å². The Hall–Kier alpha value is -1.56. The molecule has 0 aliphatic heterocycles. The highest BCUT2D eigenvalue weighted by molar-refractivity contribution is 5.39. The molecule has 0 spiro atoms. The predicted molar refractivity (Wildman–Crippen MR) is 96.9 cm³/mol. The normalized spacial score (nSPS) is 12.2. The lowest BCUT2D eigenvalue weighted by atomic mass is 10.2. The van der Waals surface area contributed by atoms with E-state index in [0.29, 0.717) is 26.4 Å². The third-order valence-electron chi connectivity index (χ3n) is 3.58.